The Morgan fingerprint density at radius 1 is 1.78 bits per heavy atom. The van der Waals surface area contributed by atoms with Gasteiger partial charge in [0.05, 0.1) is 19.3 Å². The molecule has 1 saturated heterocycles. The molecule has 0 spiro atoms. The third kappa shape index (κ3) is 3.33. The fraction of sp³-hybridized carbons (Fsp3) is 0.636. The van der Waals surface area contributed by atoms with E-state index in [0.29, 0.717) is 23.8 Å². The molecular weight excluding hydrogens is 274 g/mol. The third-order valence-electron chi connectivity index (χ3n) is 2.61. The second-order valence-corrected chi connectivity index (χ2v) is 5.29. The van der Waals surface area contributed by atoms with Crippen LogP contribution in [-0.2, 0) is 9.47 Å². The first-order valence-electron chi connectivity index (χ1n) is 5.72. The van der Waals surface area contributed by atoms with Gasteiger partial charge in [0, 0.05) is 12.6 Å². The largest absolute Gasteiger partial charge is 0.379 e. The zero-order valence-corrected chi connectivity index (χ0v) is 11.6. The lowest BCUT2D eigenvalue weighted by Gasteiger charge is -2.16. The molecule has 0 bridgehead atoms. The Balaban J connectivity index is 1.83. The van der Waals surface area contributed by atoms with E-state index in [2.05, 4.69) is 9.69 Å². The molecule has 0 aliphatic carbocycles. The molecule has 0 saturated carbocycles. The van der Waals surface area contributed by atoms with Crippen LogP contribution in [0.4, 0.5) is 5.00 Å². The van der Waals surface area contributed by atoms with E-state index in [1.807, 2.05) is 13.0 Å². The van der Waals surface area contributed by atoms with Crippen molar-refractivity contribution in [3.05, 3.63) is 10.7 Å². The summed E-state index contributed by atoms with van der Waals surface area (Å²) in [5.74, 6) is 0. The second kappa shape index (κ2) is 6.34. The molecule has 2 atom stereocenters. The lowest BCUT2D eigenvalue weighted by molar-refractivity contribution is 0.0395. The van der Waals surface area contributed by atoms with Gasteiger partial charge in [0.15, 0.2) is 5.15 Å². The minimum absolute atomic E-state index is 0.0919. The molecule has 0 amide bonds. The van der Waals surface area contributed by atoms with Crippen LogP contribution in [0.1, 0.15) is 18.9 Å². The van der Waals surface area contributed by atoms with Gasteiger partial charge in [0.25, 0.3) is 0 Å². The van der Waals surface area contributed by atoms with Crippen LogP contribution in [0, 0.1) is 11.3 Å². The van der Waals surface area contributed by atoms with Gasteiger partial charge >= 0.3 is 0 Å². The van der Waals surface area contributed by atoms with Crippen molar-refractivity contribution < 1.29 is 9.47 Å². The van der Waals surface area contributed by atoms with Crippen molar-refractivity contribution >= 4 is 28.1 Å². The van der Waals surface area contributed by atoms with Crippen molar-refractivity contribution in [3.63, 3.8) is 0 Å². The minimum atomic E-state index is 0.0919. The Bertz CT molecular complexity index is 440. The summed E-state index contributed by atoms with van der Waals surface area (Å²) in [6.45, 7) is 4.00. The highest BCUT2D eigenvalue weighted by Crippen LogP contribution is 2.28. The lowest BCUT2D eigenvalue weighted by Crippen LogP contribution is -2.25. The van der Waals surface area contributed by atoms with Gasteiger partial charge in [-0.1, -0.05) is 11.6 Å². The van der Waals surface area contributed by atoms with E-state index in [-0.39, 0.29) is 17.3 Å². The van der Waals surface area contributed by atoms with Gasteiger partial charge < -0.3 is 14.8 Å². The fourth-order valence-electron chi connectivity index (χ4n) is 1.66. The predicted molar refractivity (Wildman–Crippen MR) is 70.1 cm³/mol. The van der Waals surface area contributed by atoms with E-state index >= 15 is 0 Å². The maximum Gasteiger partial charge on any atom is 0.162 e. The number of ether oxygens (including phenoxy) is 2. The zero-order valence-electron chi connectivity index (χ0n) is 9.98. The van der Waals surface area contributed by atoms with E-state index in [0.717, 1.165) is 13.0 Å². The molecule has 98 valence electrons. The molecule has 1 aromatic rings. The average Bonchev–Trinajstić information content (AvgIpc) is 2.97. The van der Waals surface area contributed by atoms with Crippen LogP contribution >= 0.6 is 23.1 Å². The number of rotatable bonds is 5. The highest BCUT2D eigenvalue weighted by atomic mass is 35.5. The van der Waals surface area contributed by atoms with Gasteiger partial charge in [0.2, 0.25) is 0 Å². The number of hydrogen-bond donors (Lipinski definition) is 1. The molecule has 2 heterocycles. The molecule has 0 aromatic carbocycles. The van der Waals surface area contributed by atoms with Crippen molar-refractivity contribution in [2.45, 2.75) is 25.5 Å². The highest BCUT2D eigenvalue weighted by molar-refractivity contribution is 7.10. The number of hydrogen-bond acceptors (Lipinski definition) is 6. The van der Waals surface area contributed by atoms with Crippen molar-refractivity contribution in [1.29, 1.82) is 5.26 Å². The number of nitriles is 1. The molecule has 5 nitrogen and oxygen atoms in total. The van der Waals surface area contributed by atoms with Crippen LogP contribution in [0.2, 0.25) is 5.15 Å². The SMILES string of the molecule is CC(COC1CCOC1)Nc1snc(Cl)c1C#N. The molecular formula is C11H14ClN3O2S. The maximum atomic E-state index is 8.95. The van der Waals surface area contributed by atoms with E-state index in [1.54, 1.807) is 0 Å². The Labute approximate surface area is 115 Å². The predicted octanol–water partition coefficient (Wildman–Crippen LogP) is 2.27. The minimum Gasteiger partial charge on any atom is -0.379 e. The van der Waals surface area contributed by atoms with Gasteiger partial charge in [-0.15, -0.1) is 0 Å². The molecule has 2 rings (SSSR count). The van der Waals surface area contributed by atoms with Gasteiger partial charge in [-0.3, -0.25) is 0 Å². The van der Waals surface area contributed by atoms with Crippen LogP contribution in [0.15, 0.2) is 0 Å². The summed E-state index contributed by atoms with van der Waals surface area (Å²) < 4.78 is 14.9. The second-order valence-electron chi connectivity index (χ2n) is 4.15. The van der Waals surface area contributed by atoms with Crippen LogP contribution in [-0.4, -0.2) is 36.3 Å². The Kier molecular flexibility index (Phi) is 4.78. The molecule has 1 N–H and O–H groups in total. The summed E-state index contributed by atoms with van der Waals surface area (Å²) >= 11 is 6.99. The molecule has 1 aromatic heterocycles. The number of anilines is 1. The Morgan fingerprint density at radius 3 is 3.28 bits per heavy atom. The monoisotopic (exact) mass is 287 g/mol. The highest BCUT2D eigenvalue weighted by Gasteiger charge is 2.18. The quantitative estimate of drug-likeness (QED) is 0.900. The fourth-order valence-corrected chi connectivity index (χ4v) is 2.70. The van der Waals surface area contributed by atoms with E-state index in [4.69, 9.17) is 26.3 Å². The van der Waals surface area contributed by atoms with Crippen molar-refractivity contribution in [1.82, 2.24) is 4.37 Å². The number of halogens is 1. The van der Waals surface area contributed by atoms with Gasteiger partial charge in [-0.05, 0) is 24.9 Å². The van der Waals surface area contributed by atoms with Crippen LogP contribution < -0.4 is 5.32 Å². The summed E-state index contributed by atoms with van der Waals surface area (Å²) in [5, 5.41) is 13.1. The first-order chi connectivity index (χ1) is 8.70. The third-order valence-corrected chi connectivity index (χ3v) is 3.76. The number of nitrogens with one attached hydrogen (secondary N) is 1. The van der Waals surface area contributed by atoms with Crippen molar-refractivity contribution in [2.24, 2.45) is 0 Å². The molecule has 2 unspecified atom stereocenters. The van der Waals surface area contributed by atoms with Crippen LogP contribution in [0.3, 0.4) is 0 Å². The summed E-state index contributed by atoms with van der Waals surface area (Å²) in [5.41, 5.74) is 0.401. The molecule has 1 aliphatic heterocycles. The van der Waals surface area contributed by atoms with E-state index in [1.165, 1.54) is 11.5 Å². The van der Waals surface area contributed by atoms with Gasteiger partial charge in [-0.25, -0.2) is 0 Å². The summed E-state index contributed by atoms with van der Waals surface area (Å²) in [4.78, 5) is 0. The van der Waals surface area contributed by atoms with Gasteiger partial charge in [0.1, 0.15) is 16.6 Å². The van der Waals surface area contributed by atoms with Crippen LogP contribution in [0.25, 0.3) is 0 Å². The summed E-state index contributed by atoms with van der Waals surface area (Å²) in [6, 6.07) is 2.13. The Morgan fingerprint density at radius 2 is 2.61 bits per heavy atom. The standard InChI is InChI=1S/C11H14ClN3O2S/c1-7(5-17-8-2-3-16-6-8)14-11-9(4-13)10(12)15-18-11/h7-8,14H,2-3,5-6H2,1H3. The van der Waals surface area contributed by atoms with E-state index in [9.17, 15) is 0 Å². The number of nitrogens with zero attached hydrogens (tertiary/aromatic N) is 2. The molecule has 18 heavy (non-hydrogen) atoms. The maximum absolute atomic E-state index is 8.95. The lowest BCUT2D eigenvalue weighted by atomic mass is 10.3. The average molecular weight is 288 g/mol. The molecule has 1 fully saturated rings. The van der Waals surface area contributed by atoms with Gasteiger partial charge in [-0.2, -0.15) is 9.64 Å². The van der Waals surface area contributed by atoms with Crippen molar-refractivity contribution in [3.8, 4) is 6.07 Å². The first-order valence-corrected chi connectivity index (χ1v) is 6.87. The normalized spacial score (nSPS) is 20.6. The topological polar surface area (TPSA) is 67.2 Å². The molecule has 7 heteroatoms. The summed E-state index contributed by atoms with van der Waals surface area (Å²) in [6.07, 6.45) is 1.14. The summed E-state index contributed by atoms with van der Waals surface area (Å²) in [7, 11) is 0. The molecule has 0 radical (unpaired) electrons. The van der Waals surface area contributed by atoms with Crippen LogP contribution in [0.5, 0.6) is 0 Å². The first kappa shape index (κ1) is 13.6. The van der Waals surface area contributed by atoms with E-state index < -0.39 is 0 Å². The smallest absolute Gasteiger partial charge is 0.162 e. The Hall–Kier alpha value is -0.870. The van der Waals surface area contributed by atoms with Crippen molar-refractivity contribution in [2.75, 3.05) is 25.1 Å². The molecule has 1 aliphatic rings. The zero-order chi connectivity index (χ0) is 13.0. The number of aromatic nitrogens is 1.